The molecule has 0 aromatic heterocycles. The van der Waals surface area contributed by atoms with E-state index >= 15 is 0 Å². The fraction of sp³-hybridized carbons (Fsp3) is 0.853. The maximum absolute atomic E-state index is 14.5. The molecule has 0 bridgehead atoms. The number of ether oxygens (including phenoxy) is 6. The zero-order valence-corrected chi connectivity index (χ0v) is 28.6. The first kappa shape index (κ1) is 33.5. The minimum atomic E-state index is -2.35. The maximum atomic E-state index is 14.5. The summed E-state index contributed by atoms with van der Waals surface area (Å²) >= 11 is 0. The highest BCUT2D eigenvalue weighted by atomic mass is 16.8. The normalized spacial score (nSPS) is 60.2. The number of carbonyl (C=O) groups is 5. The van der Waals surface area contributed by atoms with Gasteiger partial charge in [0.25, 0.3) is 0 Å². The molecule has 15 heteroatoms. The minimum Gasteiger partial charge on any atom is -0.462 e. The number of esters is 4. The summed E-state index contributed by atoms with van der Waals surface area (Å²) in [4.78, 5) is 66.3. The summed E-state index contributed by atoms with van der Waals surface area (Å²) in [5.41, 5.74) is -9.30. The molecule has 4 N–H and O–H groups in total. The number of aliphatic hydroxyl groups is 4. The maximum Gasteiger partial charge on any atom is 0.341 e. The van der Waals surface area contributed by atoms with Crippen LogP contribution in [0.3, 0.4) is 0 Å². The lowest BCUT2D eigenvalue weighted by atomic mass is 9.39. The Morgan fingerprint density at radius 2 is 1.43 bits per heavy atom. The van der Waals surface area contributed by atoms with Crippen molar-refractivity contribution in [2.45, 2.75) is 128 Å². The molecule has 8 rings (SSSR count). The molecular weight excluding hydrogens is 648 g/mol. The third-order valence-corrected chi connectivity index (χ3v) is 14.9. The van der Waals surface area contributed by atoms with Gasteiger partial charge in [0.15, 0.2) is 11.4 Å². The molecule has 3 heterocycles. The Hall–Kier alpha value is -2.69. The van der Waals surface area contributed by atoms with Crippen LogP contribution in [0.5, 0.6) is 0 Å². The first-order valence-electron chi connectivity index (χ1n) is 17.0. The summed E-state index contributed by atoms with van der Waals surface area (Å²) < 4.78 is 35.8. The number of ketones is 1. The smallest absolute Gasteiger partial charge is 0.341 e. The molecule has 3 saturated heterocycles. The molecule has 0 amide bonds. The van der Waals surface area contributed by atoms with Crippen LogP contribution in [0.4, 0.5) is 0 Å². The molecule has 0 aromatic carbocycles. The van der Waals surface area contributed by atoms with Gasteiger partial charge in [-0.15, -0.1) is 0 Å². The Bertz CT molecular complexity index is 1590. The van der Waals surface area contributed by atoms with E-state index in [2.05, 4.69) is 0 Å². The highest BCUT2D eigenvalue weighted by molar-refractivity contribution is 5.94. The monoisotopic (exact) mass is 692 g/mol. The van der Waals surface area contributed by atoms with Gasteiger partial charge in [-0.2, -0.15) is 0 Å². The van der Waals surface area contributed by atoms with Crippen molar-refractivity contribution >= 4 is 29.7 Å². The number of aliphatic hydroxyl groups excluding tert-OH is 2. The molecule has 1 spiro atoms. The average Bonchev–Trinajstić information content (AvgIpc) is 3.89. The number of epoxide rings is 2. The zero-order valence-electron chi connectivity index (χ0n) is 28.6. The molecule has 3 aliphatic heterocycles. The summed E-state index contributed by atoms with van der Waals surface area (Å²) in [6.07, 6.45) is -9.87. The lowest BCUT2D eigenvalue weighted by Crippen LogP contribution is -2.80. The predicted molar refractivity (Wildman–Crippen MR) is 157 cm³/mol. The van der Waals surface area contributed by atoms with E-state index in [1.54, 1.807) is 13.8 Å². The SMILES string of the molecule is CC(=O)O[C@H]1[C@@H]2[C@H]([C@H](C)[C@H]3O[C@]34OC(=O)[C@@](C)(O)[C@]24C)[C@]2(C)[C@@H]1C1C([C@H](O)[C@@H]2OC(C)=O)[C@@]2(C)[C@@H](OC(C)=O)[C@H]3O[C@H]3C[C@]2(O)C(=O)[C@@H]1O. The van der Waals surface area contributed by atoms with Crippen molar-refractivity contribution in [3.63, 3.8) is 0 Å². The van der Waals surface area contributed by atoms with E-state index in [0.717, 1.165) is 0 Å². The Morgan fingerprint density at radius 1 is 0.837 bits per heavy atom. The van der Waals surface area contributed by atoms with E-state index in [1.807, 2.05) is 6.92 Å². The van der Waals surface area contributed by atoms with Crippen LogP contribution in [0.25, 0.3) is 0 Å². The van der Waals surface area contributed by atoms with Gasteiger partial charge < -0.3 is 48.8 Å². The Kier molecular flexibility index (Phi) is 6.41. The summed E-state index contributed by atoms with van der Waals surface area (Å²) in [6, 6.07) is 0. The second-order valence-corrected chi connectivity index (χ2v) is 16.7. The summed E-state index contributed by atoms with van der Waals surface area (Å²) in [7, 11) is 0. The number of fused-ring (bicyclic) bond motifs is 9. The molecule has 0 aromatic rings. The third kappa shape index (κ3) is 3.43. The van der Waals surface area contributed by atoms with Crippen molar-refractivity contribution in [1.29, 1.82) is 0 Å². The molecule has 5 aliphatic carbocycles. The van der Waals surface area contributed by atoms with E-state index in [0.29, 0.717) is 0 Å². The van der Waals surface area contributed by atoms with Crippen molar-refractivity contribution in [2.24, 2.45) is 51.8 Å². The fourth-order valence-electron chi connectivity index (χ4n) is 12.9. The minimum absolute atomic E-state index is 0.241. The van der Waals surface area contributed by atoms with Crippen LogP contribution in [0.1, 0.15) is 61.8 Å². The number of Topliss-reactive ketones (excluding diaryl/α,β-unsaturated/α-hetero) is 1. The van der Waals surface area contributed by atoms with Crippen molar-refractivity contribution in [1.82, 2.24) is 0 Å². The molecular formula is C34H44O15. The molecule has 5 saturated carbocycles. The largest absolute Gasteiger partial charge is 0.462 e. The lowest BCUT2D eigenvalue weighted by Gasteiger charge is -2.66. The van der Waals surface area contributed by atoms with Gasteiger partial charge in [0.1, 0.15) is 42.2 Å². The Labute approximate surface area is 281 Å². The van der Waals surface area contributed by atoms with Crippen molar-refractivity contribution in [3.05, 3.63) is 0 Å². The molecule has 270 valence electrons. The van der Waals surface area contributed by atoms with E-state index in [1.165, 1.54) is 34.6 Å². The fourth-order valence-corrected chi connectivity index (χ4v) is 12.9. The quantitative estimate of drug-likeness (QED) is 0.161. The zero-order chi connectivity index (χ0) is 35.9. The van der Waals surface area contributed by atoms with Crippen LogP contribution >= 0.6 is 0 Å². The average molecular weight is 693 g/mol. The summed E-state index contributed by atoms with van der Waals surface area (Å²) in [5, 5.41) is 49.1. The molecule has 0 radical (unpaired) electrons. The van der Waals surface area contributed by atoms with Gasteiger partial charge in [-0.25, -0.2) is 4.79 Å². The van der Waals surface area contributed by atoms with Gasteiger partial charge in [-0.3, -0.25) is 19.2 Å². The topological polar surface area (TPSA) is 228 Å². The van der Waals surface area contributed by atoms with Crippen LogP contribution < -0.4 is 0 Å². The Morgan fingerprint density at radius 3 is 2.02 bits per heavy atom. The predicted octanol–water partition coefficient (Wildman–Crippen LogP) is -0.832. The van der Waals surface area contributed by atoms with E-state index in [9.17, 15) is 44.4 Å². The van der Waals surface area contributed by atoms with Gasteiger partial charge >= 0.3 is 23.9 Å². The third-order valence-electron chi connectivity index (χ3n) is 14.9. The van der Waals surface area contributed by atoms with Gasteiger partial charge in [0, 0.05) is 61.7 Å². The number of hydrogen-bond donors (Lipinski definition) is 4. The molecule has 20 atom stereocenters. The van der Waals surface area contributed by atoms with Crippen molar-refractivity contribution in [2.75, 3.05) is 0 Å². The van der Waals surface area contributed by atoms with E-state index in [-0.39, 0.29) is 6.42 Å². The highest BCUT2D eigenvalue weighted by Crippen LogP contribution is 2.81. The van der Waals surface area contributed by atoms with Crippen LogP contribution in [0.2, 0.25) is 0 Å². The second kappa shape index (κ2) is 9.39. The van der Waals surface area contributed by atoms with Gasteiger partial charge in [0.05, 0.1) is 17.6 Å². The van der Waals surface area contributed by atoms with Crippen LogP contribution in [0.15, 0.2) is 0 Å². The summed E-state index contributed by atoms with van der Waals surface area (Å²) in [5.74, 6) is -11.6. The number of rotatable bonds is 3. The van der Waals surface area contributed by atoms with Gasteiger partial charge in [-0.05, 0) is 25.7 Å². The number of carbonyl (C=O) groups excluding carboxylic acids is 5. The van der Waals surface area contributed by atoms with Crippen LogP contribution in [-0.2, 0) is 52.4 Å². The van der Waals surface area contributed by atoms with Crippen LogP contribution in [-0.4, -0.2) is 116 Å². The molecule has 49 heavy (non-hydrogen) atoms. The first-order chi connectivity index (χ1) is 22.6. The standard InChI is InChI=1S/C34H44O15/c1-10-16-19(31(7)32(8,42)28(41)49-34(31)25(10)48-34)23(44-11(2)35)18-15-17(21(39)26(29(16,18)5)45-12(3)36)30(6)27(46-13(4)37)22-14(47-22)9-33(30,43)24(40)20(15)38/h10,14-23,25-27,38-39,42-43H,9H2,1-8H3/t10-,14-,15?,16-,17?,18+,19-,20+,21-,22-,23+,25+,26-,27-,29+,30-,31-,32+,33-,34-/m0/s1. The van der Waals surface area contributed by atoms with Crippen molar-refractivity contribution < 1.29 is 72.8 Å². The highest BCUT2D eigenvalue weighted by Gasteiger charge is 2.94. The molecule has 2 unspecified atom stereocenters. The van der Waals surface area contributed by atoms with E-state index < -0.39 is 147 Å². The number of hydrogen-bond acceptors (Lipinski definition) is 15. The molecule has 15 nitrogen and oxygen atoms in total. The Balaban J connectivity index is 1.40. The second-order valence-electron chi connectivity index (χ2n) is 16.7. The molecule has 8 aliphatic rings. The van der Waals surface area contributed by atoms with E-state index in [4.69, 9.17) is 28.4 Å². The first-order valence-corrected chi connectivity index (χ1v) is 17.0. The van der Waals surface area contributed by atoms with Gasteiger partial charge in [0.2, 0.25) is 5.79 Å². The van der Waals surface area contributed by atoms with Crippen molar-refractivity contribution in [3.8, 4) is 0 Å². The summed E-state index contributed by atoms with van der Waals surface area (Å²) in [6.45, 7) is 11.5. The molecule has 8 fully saturated rings. The van der Waals surface area contributed by atoms with Crippen LogP contribution in [0, 0.1) is 51.8 Å². The lowest BCUT2D eigenvalue weighted by molar-refractivity contribution is -0.295. The van der Waals surface area contributed by atoms with Gasteiger partial charge in [-0.1, -0.05) is 20.8 Å².